The average Bonchev–Trinajstić information content (AvgIpc) is 3.28. The van der Waals surface area contributed by atoms with Gasteiger partial charge in [0.2, 0.25) is 0 Å². The van der Waals surface area contributed by atoms with Crippen molar-refractivity contribution >= 4 is 19.8 Å². The quantitative estimate of drug-likeness (QED) is 0.0101. The van der Waals surface area contributed by atoms with Crippen molar-refractivity contribution in [2.45, 2.75) is 197 Å². The van der Waals surface area contributed by atoms with Crippen LogP contribution in [0.25, 0.3) is 0 Å². The molecule has 8 N–H and O–H groups in total. The molecular weight excluding hydrogens is 859 g/mol. The minimum atomic E-state index is -5.21. The Morgan fingerprint density at radius 2 is 1.06 bits per heavy atom. The molecule has 0 spiro atoms. The van der Waals surface area contributed by atoms with Crippen LogP contribution in [0.4, 0.5) is 0 Å². The lowest BCUT2D eigenvalue weighted by Crippen LogP contribution is -2.64. The summed E-state index contributed by atoms with van der Waals surface area (Å²) < 4.78 is 33.3. The van der Waals surface area contributed by atoms with Crippen molar-refractivity contribution in [1.82, 2.24) is 0 Å². The standard InChI is InChI=1S/C49H81O15P/c1-3-5-7-9-11-12-13-14-15-16-17-18-19-20-21-23-29-35-42(52)61-37-41(38-62-65(59,60)64-49-47(57)45(55)44(54)46(56)48(49)58)63-43(53)36-30-34-40(51)33-28-25-24-27-32-39(50)31-26-22-10-8-6-4-2/h14-15,17-18,20-22,24-28,32-33,39-41,44-51,54-58H,3-13,16,19,23,29-31,34-38H2,1-2H3,(H,59,60)/b15-14-,18-17-,21-20-,25-24+,26-22-,32-27+,33-28-/t39-,40-,41+,44?,45-,46+,47+,48+,49?/m0/s1. The zero-order valence-electron chi connectivity index (χ0n) is 38.7. The normalized spacial score (nSPS) is 23.2. The SMILES string of the molecule is CCCCC/C=C\C[C@H](O)/C=C/C=C/C=C\[C@H](O)CCCC(=O)O[C@H](COC(=O)CCC/C=C\C/C=C\C/C=C\CCCCCCCC)COP(=O)(O)OC1[C@H](O)[C@H](O)C(O)[C@H](O)[C@H]1O. The van der Waals surface area contributed by atoms with Gasteiger partial charge in [0.25, 0.3) is 0 Å². The number of aliphatic hydroxyl groups is 7. The molecule has 0 bridgehead atoms. The van der Waals surface area contributed by atoms with Crippen LogP contribution in [0.1, 0.15) is 142 Å². The van der Waals surface area contributed by atoms with Gasteiger partial charge in [0.15, 0.2) is 6.10 Å². The summed E-state index contributed by atoms with van der Waals surface area (Å²) in [7, 11) is -5.21. The molecule has 16 heteroatoms. The molecule has 1 aliphatic carbocycles. The topological polar surface area (TPSA) is 250 Å². The number of phosphoric acid groups is 1. The second-order valence-electron chi connectivity index (χ2n) is 16.3. The Kier molecular flexibility index (Phi) is 35.0. The maximum absolute atomic E-state index is 12.8. The first-order valence-electron chi connectivity index (χ1n) is 23.6. The first-order valence-corrected chi connectivity index (χ1v) is 25.1. The summed E-state index contributed by atoms with van der Waals surface area (Å²) in [5.41, 5.74) is 0. The number of hydrogen-bond acceptors (Lipinski definition) is 14. The predicted octanol–water partition coefficient (Wildman–Crippen LogP) is 7.22. The monoisotopic (exact) mass is 941 g/mol. The van der Waals surface area contributed by atoms with E-state index in [4.69, 9.17) is 18.5 Å². The predicted molar refractivity (Wildman–Crippen MR) is 251 cm³/mol. The second kappa shape index (κ2) is 38.0. The maximum atomic E-state index is 12.8. The molecule has 1 rings (SSSR count). The Hall–Kier alpha value is -3.05. The number of carbonyl (C=O) groups is 2. The van der Waals surface area contributed by atoms with Crippen molar-refractivity contribution in [3.05, 3.63) is 85.1 Å². The van der Waals surface area contributed by atoms with Crippen LogP contribution >= 0.6 is 7.82 Å². The van der Waals surface area contributed by atoms with Crippen LogP contribution in [0.5, 0.6) is 0 Å². The summed E-state index contributed by atoms with van der Waals surface area (Å²) in [6.07, 6.45) is 28.2. The number of ether oxygens (including phenoxy) is 2. The van der Waals surface area contributed by atoms with E-state index in [1.165, 1.54) is 51.0 Å². The molecule has 65 heavy (non-hydrogen) atoms. The number of rotatable bonds is 37. The van der Waals surface area contributed by atoms with Crippen LogP contribution in [0, 0.1) is 0 Å². The van der Waals surface area contributed by atoms with E-state index >= 15 is 0 Å². The molecule has 1 aliphatic rings. The Balaban J connectivity index is 2.62. The van der Waals surface area contributed by atoms with Gasteiger partial charge in [-0.2, -0.15) is 0 Å². The number of phosphoric ester groups is 1. The molecule has 0 aromatic carbocycles. The van der Waals surface area contributed by atoms with Crippen molar-refractivity contribution in [1.29, 1.82) is 0 Å². The van der Waals surface area contributed by atoms with Gasteiger partial charge in [-0.1, -0.05) is 144 Å². The molecule has 372 valence electrons. The van der Waals surface area contributed by atoms with E-state index in [0.717, 1.165) is 38.5 Å². The lowest BCUT2D eigenvalue weighted by molar-refractivity contribution is -0.220. The summed E-state index contributed by atoms with van der Waals surface area (Å²) in [5.74, 6) is -1.41. The van der Waals surface area contributed by atoms with E-state index in [1.807, 2.05) is 18.2 Å². The van der Waals surface area contributed by atoms with Gasteiger partial charge in [-0.15, -0.1) is 0 Å². The Labute approximate surface area is 387 Å². The van der Waals surface area contributed by atoms with Crippen molar-refractivity contribution in [3.63, 3.8) is 0 Å². The minimum Gasteiger partial charge on any atom is -0.462 e. The summed E-state index contributed by atoms with van der Waals surface area (Å²) in [6.45, 7) is 2.97. The molecule has 0 aliphatic heterocycles. The summed E-state index contributed by atoms with van der Waals surface area (Å²) in [6, 6.07) is 0. The van der Waals surface area contributed by atoms with Crippen molar-refractivity contribution in [2.24, 2.45) is 0 Å². The van der Waals surface area contributed by atoms with Gasteiger partial charge in [0.05, 0.1) is 18.8 Å². The van der Waals surface area contributed by atoms with Gasteiger partial charge in [0, 0.05) is 12.8 Å². The molecule has 15 nitrogen and oxygen atoms in total. The zero-order chi connectivity index (χ0) is 48.1. The van der Waals surface area contributed by atoms with Gasteiger partial charge in [-0.05, 0) is 70.6 Å². The molecule has 0 radical (unpaired) electrons. The van der Waals surface area contributed by atoms with E-state index in [9.17, 15) is 54.8 Å². The number of hydrogen-bond donors (Lipinski definition) is 8. The van der Waals surface area contributed by atoms with Crippen LogP contribution < -0.4 is 0 Å². The van der Waals surface area contributed by atoms with Crippen molar-refractivity contribution < 1.29 is 73.3 Å². The van der Waals surface area contributed by atoms with E-state index in [0.29, 0.717) is 19.3 Å². The first-order chi connectivity index (χ1) is 31.2. The van der Waals surface area contributed by atoms with E-state index in [1.54, 1.807) is 30.4 Å². The highest BCUT2D eigenvalue weighted by atomic mass is 31.2. The van der Waals surface area contributed by atoms with Crippen molar-refractivity contribution in [2.75, 3.05) is 13.2 Å². The first kappa shape index (κ1) is 60.0. The third-order valence-electron chi connectivity index (χ3n) is 10.4. The van der Waals surface area contributed by atoms with E-state index in [-0.39, 0.29) is 25.7 Å². The second-order valence-corrected chi connectivity index (χ2v) is 17.7. The molecule has 1 saturated carbocycles. The summed E-state index contributed by atoms with van der Waals surface area (Å²) >= 11 is 0. The number of aliphatic hydroxyl groups excluding tert-OH is 7. The number of allylic oxidation sites excluding steroid dienone is 11. The largest absolute Gasteiger partial charge is 0.472 e. The fraction of sp³-hybridized carbons (Fsp3) is 0.673. The van der Waals surface area contributed by atoms with Crippen LogP contribution in [0.3, 0.4) is 0 Å². The lowest BCUT2D eigenvalue weighted by atomic mass is 9.85. The lowest BCUT2D eigenvalue weighted by Gasteiger charge is -2.41. The molecule has 3 unspecified atom stereocenters. The van der Waals surface area contributed by atoms with Gasteiger partial charge >= 0.3 is 19.8 Å². The van der Waals surface area contributed by atoms with Gasteiger partial charge in [0.1, 0.15) is 43.2 Å². The molecule has 10 atom stereocenters. The molecule has 0 aromatic rings. The Bertz CT molecular complexity index is 1490. The number of carbonyl (C=O) groups excluding carboxylic acids is 2. The van der Waals surface area contributed by atoms with E-state index in [2.05, 4.69) is 44.2 Å². The fourth-order valence-corrected chi connectivity index (χ4v) is 7.47. The molecular formula is C49H81O15P. The average molecular weight is 941 g/mol. The van der Waals surface area contributed by atoms with Crippen LogP contribution in [0.15, 0.2) is 85.1 Å². The number of unbranched alkanes of at least 4 members (excludes halogenated alkanes) is 10. The summed E-state index contributed by atoms with van der Waals surface area (Å²) in [4.78, 5) is 35.7. The van der Waals surface area contributed by atoms with Gasteiger partial charge in [-0.25, -0.2) is 4.57 Å². The van der Waals surface area contributed by atoms with Gasteiger partial charge in [-0.3, -0.25) is 18.6 Å². The molecule has 0 saturated heterocycles. The molecule has 0 heterocycles. The Morgan fingerprint density at radius 1 is 0.569 bits per heavy atom. The maximum Gasteiger partial charge on any atom is 0.472 e. The van der Waals surface area contributed by atoms with Crippen LogP contribution in [-0.2, 0) is 32.7 Å². The third-order valence-corrected chi connectivity index (χ3v) is 11.4. The molecule has 0 aromatic heterocycles. The summed E-state index contributed by atoms with van der Waals surface area (Å²) in [5, 5.41) is 70.5. The van der Waals surface area contributed by atoms with Crippen LogP contribution in [-0.4, -0.2) is 121 Å². The zero-order valence-corrected chi connectivity index (χ0v) is 39.6. The fourth-order valence-electron chi connectivity index (χ4n) is 6.50. The highest BCUT2D eigenvalue weighted by Crippen LogP contribution is 2.47. The molecule has 1 fully saturated rings. The van der Waals surface area contributed by atoms with Crippen molar-refractivity contribution in [3.8, 4) is 0 Å². The van der Waals surface area contributed by atoms with Gasteiger partial charge < -0.3 is 50.1 Å². The minimum absolute atomic E-state index is 0.0380. The van der Waals surface area contributed by atoms with Crippen LogP contribution in [0.2, 0.25) is 0 Å². The third kappa shape index (κ3) is 30.8. The Morgan fingerprint density at radius 3 is 1.69 bits per heavy atom. The highest BCUT2D eigenvalue weighted by Gasteiger charge is 2.51. The highest BCUT2D eigenvalue weighted by molar-refractivity contribution is 7.47. The smallest absolute Gasteiger partial charge is 0.462 e. The molecule has 0 amide bonds. The number of esters is 2. The van der Waals surface area contributed by atoms with E-state index < -0.39 is 87.9 Å².